The van der Waals surface area contributed by atoms with E-state index in [1.807, 2.05) is 18.2 Å². The Hall–Kier alpha value is -4.21. The van der Waals surface area contributed by atoms with Crippen LogP contribution < -0.4 is 20.8 Å². The second kappa shape index (κ2) is 9.34. The van der Waals surface area contributed by atoms with Crippen molar-refractivity contribution in [3.63, 3.8) is 0 Å². The van der Waals surface area contributed by atoms with Gasteiger partial charge in [-0.2, -0.15) is 0 Å². The van der Waals surface area contributed by atoms with Crippen molar-refractivity contribution in [3.05, 3.63) is 88.9 Å². The molecule has 1 saturated heterocycles. The molecular weight excluding hydrogens is 437 g/mol. The summed E-state index contributed by atoms with van der Waals surface area (Å²) in [6.07, 6.45) is 1.45. The van der Waals surface area contributed by atoms with E-state index in [1.165, 1.54) is 28.5 Å². The van der Waals surface area contributed by atoms with Gasteiger partial charge in [-0.3, -0.25) is 4.79 Å². The maximum Gasteiger partial charge on any atom is 0.352 e. The Labute approximate surface area is 195 Å². The first-order valence-electron chi connectivity index (χ1n) is 11.1. The first kappa shape index (κ1) is 21.6. The van der Waals surface area contributed by atoms with Crippen LogP contribution in [0.5, 0.6) is 0 Å². The molecule has 2 aromatic carbocycles. The molecule has 1 fully saturated rings. The molecule has 0 saturated carbocycles. The summed E-state index contributed by atoms with van der Waals surface area (Å²) in [6, 6.07) is 17.9. The lowest BCUT2D eigenvalue weighted by atomic mass is 10.2. The summed E-state index contributed by atoms with van der Waals surface area (Å²) in [5, 5.41) is 7.04. The van der Waals surface area contributed by atoms with Crippen molar-refractivity contribution in [2.45, 2.75) is 13.1 Å². The highest BCUT2D eigenvalue weighted by molar-refractivity contribution is 5.75. The van der Waals surface area contributed by atoms with Gasteiger partial charge in [0, 0.05) is 44.5 Å². The zero-order valence-corrected chi connectivity index (χ0v) is 18.5. The van der Waals surface area contributed by atoms with Crippen molar-refractivity contribution in [1.29, 1.82) is 0 Å². The first-order valence-corrected chi connectivity index (χ1v) is 11.1. The number of aromatic nitrogens is 4. The standard InChI is InChI=1S/C24H24FN7O2/c25-19-8-6-18(7-9-19)15-26-23(33)16-32-24(34)31-17-27-21(14-22(31)28-32)30-12-10-29(11-13-30)20-4-2-1-3-5-20/h1-9,14,17H,10-13,15-16H2,(H,26,33). The average Bonchev–Trinajstić information content (AvgIpc) is 3.18. The van der Waals surface area contributed by atoms with Crippen LogP contribution in [0.2, 0.25) is 0 Å². The average molecular weight is 462 g/mol. The minimum atomic E-state index is -0.431. The van der Waals surface area contributed by atoms with Crippen molar-refractivity contribution in [2.24, 2.45) is 0 Å². The number of piperazine rings is 1. The highest BCUT2D eigenvalue weighted by Crippen LogP contribution is 2.19. The number of carbonyl (C=O) groups excluding carboxylic acids is 1. The van der Waals surface area contributed by atoms with E-state index in [9.17, 15) is 14.0 Å². The van der Waals surface area contributed by atoms with Gasteiger partial charge in [0.2, 0.25) is 5.91 Å². The lowest BCUT2D eigenvalue weighted by molar-refractivity contribution is -0.122. The number of hydrogen-bond acceptors (Lipinski definition) is 6. The van der Waals surface area contributed by atoms with E-state index in [-0.39, 0.29) is 24.8 Å². The predicted octanol–water partition coefficient (Wildman–Crippen LogP) is 1.67. The number of nitrogens with zero attached hydrogens (tertiary/aromatic N) is 6. The molecule has 0 spiro atoms. The van der Waals surface area contributed by atoms with Gasteiger partial charge in [-0.05, 0) is 29.8 Å². The van der Waals surface area contributed by atoms with Gasteiger partial charge < -0.3 is 15.1 Å². The van der Waals surface area contributed by atoms with Gasteiger partial charge in [-0.1, -0.05) is 30.3 Å². The highest BCUT2D eigenvalue weighted by atomic mass is 19.1. The third kappa shape index (κ3) is 4.61. The number of halogens is 1. The third-order valence-electron chi connectivity index (χ3n) is 5.88. The van der Waals surface area contributed by atoms with Crippen molar-refractivity contribution in [3.8, 4) is 0 Å². The molecule has 0 radical (unpaired) electrons. The lowest BCUT2D eigenvalue weighted by Gasteiger charge is -2.36. The van der Waals surface area contributed by atoms with Crippen LogP contribution >= 0.6 is 0 Å². The first-order chi connectivity index (χ1) is 16.6. The molecule has 2 aromatic heterocycles. The number of anilines is 2. The molecule has 9 nitrogen and oxygen atoms in total. The van der Waals surface area contributed by atoms with E-state index in [0.29, 0.717) is 5.65 Å². The van der Waals surface area contributed by atoms with Crippen LogP contribution in [-0.2, 0) is 17.9 Å². The molecule has 0 bridgehead atoms. The van der Waals surface area contributed by atoms with Gasteiger partial charge >= 0.3 is 5.69 Å². The van der Waals surface area contributed by atoms with Gasteiger partial charge in [0.25, 0.3) is 0 Å². The Morgan fingerprint density at radius 3 is 2.41 bits per heavy atom. The van der Waals surface area contributed by atoms with Gasteiger partial charge in [0.15, 0.2) is 5.65 Å². The summed E-state index contributed by atoms with van der Waals surface area (Å²) >= 11 is 0. The summed E-state index contributed by atoms with van der Waals surface area (Å²) in [5.74, 6) is 0.0514. The molecule has 1 aliphatic heterocycles. The summed E-state index contributed by atoms with van der Waals surface area (Å²) in [7, 11) is 0. The number of para-hydroxylation sites is 1. The summed E-state index contributed by atoms with van der Waals surface area (Å²) in [5.41, 5.74) is 1.97. The minimum Gasteiger partial charge on any atom is -0.368 e. The molecule has 5 rings (SSSR count). The molecule has 3 heterocycles. The third-order valence-corrected chi connectivity index (χ3v) is 5.88. The van der Waals surface area contributed by atoms with E-state index in [1.54, 1.807) is 18.2 Å². The number of hydrogen-bond donors (Lipinski definition) is 1. The van der Waals surface area contributed by atoms with E-state index in [4.69, 9.17) is 0 Å². The summed E-state index contributed by atoms with van der Waals surface area (Å²) < 4.78 is 15.5. The summed E-state index contributed by atoms with van der Waals surface area (Å²) in [6.45, 7) is 3.36. The van der Waals surface area contributed by atoms with Gasteiger partial charge in [-0.25, -0.2) is 23.3 Å². The quantitative estimate of drug-likeness (QED) is 0.470. The molecule has 0 atom stereocenters. The summed E-state index contributed by atoms with van der Waals surface area (Å²) in [4.78, 5) is 33.9. The molecular formula is C24H24FN7O2. The topological polar surface area (TPSA) is 87.8 Å². The molecule has 1 N–H and O–H groups in total. The number of carbonyl (C=O) groups is 1. The SMILES string of the molecule is O=C(Cn1nc2cc(N3CCN(c4ccccc4)CC3)ncn2c1=O)NCc1ccc(F)cc1. The molecule has 0 aliphatic carbocycles. The van der Waals surface area contributed by atoms with Crippen LogP contribution in [0, 0.1) is 5.82 Å². The maximum absolute atomic E-state index is 13.0. The van der Waals surface area contributed by atoms with Gasteiger partial charge in [-0.15, -0.1) is 5.10 Å². The van der Waals surface area contributed by atoms with Crippen LogP contribution in [0.15, 0.2) is 71.8 Å². The zero-order chi connectivity index (χ0) is 23.5. The fourth-order valence-electron chi connectivity index (χ4n) is 4.02. The number of fused-ring (bicyclic) bond motifs is 1. The van der Waals surface area contributed by atoms with Crippen LogP contribution in [0.3, 0.4) is 0 Å². The fraction of sp³-hybridized carbons (Fsp3) is 0.250. The van der Waals surface area contributed by atoms with Crippen molar-refractivity contribution in [2.75, 3.05) is 36.0 Å². The van der Waals surface area contributed by atoms with E-state index in [2.05, 4.69) is 37.3 Å². The van der Waals surface area contributed by atoms with Gasteiger partial charge in [0.05, 0.1) is 0 Å². The van der Waals surface area contributed by atoms with Gasteiger partial charge in [0.1, 0.15) is 24.5 Å². The molecule has 174 valence electrons. The molecule has 1 aliphatic rings. The monoisotopic (exact) mass is 461 g/mol. The Balaban J connectivity index is 1.23. The van der Waals surface area contributed by atoms with Crippen LogP contribution in [0.1, 0.15) is 5.56 Å². The molecule has 1 amide bonds. The molecule has 10 heteroatoms. The Kier molecular flexibility index (Phi) is 5.94. The molecule has 0 unspecified atom stereocenters. The minimum absolute atomic E-state index is 0.215. The predicted molar refractivity (Wildman–Crippen MR) is 126 cm³/mol. The Morgan fingerprint density at radius 2 is 1.68 bits per heavy atom. The number of rotatable bonds is 6. The van der Waals surface area contributed by atoms with Crippen LogP contribution in [-0.4, -0.2) is 51.3 Å². The second-order valence-electron chi connectivity index (χ2n) is 8.13. The number of benzene rings is 2. The van der Waals surface area contributed by atoms with E-state index in [0.717, 1.165) is 42.2 Å². The van der Waals surface area contributed by atoms with E-state index >= 15 is 0 Å². The Morgan fingerprint density at radius 1 is 0.971 bits per heavy atom. The largest absolute Gasteiger partial charge is 0.368 e. The number of amides is 1. The molecule has 4 aromatic rings. The van der Waals surface area contributed by atoms with Crippen LogP contribution in [0.25, 0.3) is 5.65 Å². The van der Waals surface area contributed by atoms with Crippen molar-refractivity contribution < 1.29 is 9.18 Å². The van der Waals surface area contributed by atoms with Crippen LogP contribution in [0.4, 0.5) is 15.9 Å². The lowest BCUT2D eigenvalue weighted by Crippen LogP contribution is -2.46. The molecule has 34 heavy (non-hydrogen) atoms. The number of nitrogens with one attached hydrogen (secondary N) is 1. The normalized spacial score (nSPS) is 13.9. The maximum atomic E-state index is 13.0. The Bertz CT molecular complexity index is 1340. The zero-order valence-electron chi connectivity index (χ0n) is 18.5. The second-order valence-corrected chi connectivity index (χ2v) is 8.13. The smallest absolute Gasteiger partial charge is 0.352 e. The fourth-order valence-corrected chi connectivity index (χ4v) is 4.02. The van der Waals surface area contributed by atoms with E-state index < -0.39 is 5.69 Å². The van der Waals surface area contributed by atoms with Crippen molar-refractivity contribution >= 4 is 23.1 Å². The highest BCUT2D eigenvalue weighted by Gasteiger charge is 2.20. The van der Waals surface area contributed by atoms with Crippen molar-refractivity contribution in [1.82, 2.24) is 24.5 Å².